The highest BCUT2D eigenvalue weighted by Crippen LogP contribution is 2.34. The highest BCUT2D eigenvalue weighted by atomic mass is 35.5. The van der Waals surface area contributed by atoms with E-state index in [0.29, 0.717) is 62.4 Å². The number of pyridine rings is 1. The molecule has 1 aromatic heterocycles. The molecule has 32 heavy (non-hydrogen) atoms. The molecule has 2 aliphatic rings. The third-order valence-corrected chi connectivity index (χ3v) is 5.78. The van der Waals surface area contributed by atoms with Crippen LogP contribution in [0.5, 0.6) is 11.5 Å². The second kappa shape index (κ2) is 9.03. The first-order valence-corrected chi connectivity index (χ1v) is 10.5. The Labute approximate surface area is 188 Å². The van der Waals surface area contributed by atoms with E-state index < -0.39 is 17.8 Å². The van der Waals surface area contributed by atoms with Crippen molar-refractivity contribution >= 4 is 29.0 Å². The number of carbonyl (C=O) groups is 1. The van der Waals surface area contributed by atoms with E-state index in [4.69, 9.17) is 21.1 Å². The summed E-state index contributed by atoms with van der Waals surface area (Å²) in [5.41, 5.74) is -0.264. The molecule has 172 valence electrons. The Morgan fingerprint density at radius 2 is 1.81 bits per heavy atom. The average Bonchev–Trinajstić information content (AvgIpc) is 2.78. The highest BCUT2D eigenvalue weighted by Gasteiger charge is 2.33. The summed E-state index contributed by atoms with van der Waals surface area (Å²) >= 11 is 6.06. The molecule has 0 unspecified atom stereocenters. The zero-order valence-corrected chi connectivity index (χ0v) is 18.0. The lowest BCUT2D eigenvalue weighted by Crippen LogP contribution is -2.53. The molecule has 7 nitrogen and oxygen atoms in total. The Hall–Kier alpha value is -2.72. The molecule has 4 rings (SSSR count). The number of rotatable bonds is 4. The van der Waals surface area contributed by atoms with Crippen LogP contribution < -0.4 is 19.7 Å². The fourth-order valence-electron chi connectivity index (χ4n) is 3.67. The summed E-state index contributed by atoms with van der Waals surface area (Å²) in [6.45, 7) is 4.81. The number of hydrogen-bond acceptors (Lipinski definition) is 6. The minimum absolute atomic E-state index is 0.0438. The van der Waals surface area contributed by atoms with Gasteiger partial charge in [0.15, 0.2) is 11.5 Å². The maximum Gasteiger partial charge on any atom is 0.417 e. The quantitative estimate of drug-likeness (QED) is 0.735. The molecule has 0 radical (unpaired) electrons. The van der Waals surface area contributed by atoms with Crippen LogP contribution >= 0.6 is 11.6 Å². The lowest BCUT2D eigenvalue weighted by Gasteiger charge is -2.38. The molecule has 1 N–H and O–H groups in total. The smallest absolute Gasteiger partial charge is 0.417 e. The number of halogens is 4. The van der Waals surface area contributed by atoms with Crippen LogP contribution in [-0.2, 0) is 11.0 Å². The lowest BCUT2D eigenvalue weighted by molar-refractivity contribution is -0.137. The summed E-state index contributed by atoms with van der Waals surface area (Å²) < 4.78 is 49.5. The van der Waals surface area contributed by atoms with E-state index in [-0.39, 0.29) is 10.9 Å². The fraction of sp³-hybridized carbons (Fsp3) is 0.429. The van der Waals surface area contributed by atoms with Crippen LogP contribution in [0.3, 0.4) is 0 Å². The van der Waals surface area contributed by atoms with E-state index in [0.717, 1.165) is 12.3 Å². The summed E-state index contributed by atoms with van der Waals surface area (Å²) in [5, 5.41) is 2.85. The number of nitrogens with zero attached hydrogens (tertiary/aromatic N) is 3. The standard InChI is InChI=1S/C21H22ClF3N4O3/c1-13(20(30)27-15-2-3-17-18(11-15)32-9-8-31-17)28-4-6-29(7-5-28)19-16(22)10-14(12-26-19)21(23,24)25/h2-3,10-13H,4-9H2,1H3,(H,27,30)/t13-/m1/s1. The van der Waals surface area contributed by atoms with Gasteiger partial charge in [0.1, 0.15) is 19.0 Å². The molecule has 0 bridgehead atoms. The maximum atomic E-state index is 12.8. The predicted molar refractivity (Wildman–Crippen MR) is 114 cm³/mol. The average molecular weight is 471 g/mol. The number of hydrogen-bond donors (Lipinski definition) is 1. The van der Waals surface area contributed by atoms with Crippen LogP contribution in [0.15, 0.2) is 30.5 Å². The van der Waals surface area contributed by atoms with Gasteiger partial charge in [-0.2, -0.15) is 13.2 Å². The monoisotopic (exact) mass is 470 g/mol. The van der Waals surface area contributed by atoms with Gasteiger partial charge in [-0.1, -0.05) is 11.6 Å². The number of alkyl halides is 3. The molecule has 11 heteroatoms. The zero-order valence-electron chi connectivity index (χ0n) is 17.3. The highest BCUT2D eigenvalue weighted by molar-refractivity contribution is 6.33. The molecule has 2 aromatic rings. The van der Waals surface area contributed by atoms with Gasteiger partial charge in [0.2, 0.25) is 5.91 Å². The topological polar surface area (TPSA) is 66.9 Å². The summed E-state index contributed by atoms with van der Waals surface area (Å²) in [5.74, 6) is 1.39. The molecule has 1 amide bonds. The van der Waals surface area contributed by atoms with Crippen LogP contribution in [0.25, 0.3) is 0 Å². The van der Waals surface area contributed by atoms with E-state index in [1.807, 2.05) is 16.7 Å². The predicted octanol–water partition coefficient (Wildman–Crippen LogP) is 3.67. The molecular weight excluding hydrogens is 449 g/mol. The maximum absolute atomic E-state index is 12.8. The van der Waals surface area contributed by atoms with Crippen molar-refractivity contribution in [3.8, 4) is 11.5 Å². The first-order chi connectivity index (χ1) is 15.2. The van der Waals surface area contributed by atoms with Gasteiger partial charge in [-0.15, -0.1) is 0 Å². The van der Waals surface area contributed by atoms with Gasteiger partial charge in [-0.05, 0) is 25.1 Å². The van der Waals surface area contributed by atoms with Gasteiger partial charge < -0.3 is 19.7 Å². The molecule has 2 aliphatic heterocycles. The van der Waals surface area contributed by atoms with Crippen LogP contribution in [-0.4, -0.2) is 61.2 Å². The van der Waals surface area contributed by atoms with Crippen molar-refractivity contribution in [2.75, 3.05) is 49.6 Å². The Balaban J connectivity index is 1.34. The summed E-state index contributed by atoms with van der Waals surface area (Å²) in [4.78, 5) is 20.5. The number of fused-ring (bicyclic) bond motifs is 1. The molecular formula is C21H22ClF3N4O3. The van der Waals surface area contributed by atoms with Gasteiger partial charge in [0.25, 0.3) is 0 Å². The first kappa shape index (κ1) is 22.5. The number of nitrogens with one attached hydrogen (secondary N) is 1. The van der Waals surface area contributed by atoms with Crippen molar-refractivity contribution in [1.29, 1.82) is 0 Å². The molecule has 0 spiro atoms. The number of benzene rings is 1. The number of piperazine rings is 1. The number of carbonyl (C=O) groups excluding carboxylic acids is 1. The number of ether oxygens (including phenoxy) is 2. The van der Waals surface area contributed by atoms with Crippen LogP contribution in [0.1, 0.15) is 12.5 Å². The SMILES string of the molecule is C[C@H](C(=O)Nc1ccc2c(c1)OCCO2)N1CCN(c2ncc(C(F)(F)F)cc2Cl)CC1. The summed E-state index contributed by atoms with van der Waals surface area (Å²) in [6, 6.07) is 5.74. The number of aromatic nitrogens is 1. The number of amides is 1. The summed E-state index contributed by atoms with van der Waals surface area (Å²) in [7, 11) is 0. The second-order valence-corrected chi connectivity index (χ2v) is 7.98. The van der Waals surface area contributed by atoms with Crippen LogP contribution in [0, 0.1) is 0 Å². The Morgan fingerprint density at radius 1 is 1.12 bits per heavy atom. The van der Waals surface area contributed by atoms with E-state index >= 15 is 0 Å². The van der Waals surface area contributed by atoms with Gasteiger partial charge in [0, 0.05) is 44.1 Å². The molecule has 3 heterocycles. The normalized spacial score (nSPS) is 17.7. The minimum atomic E-state index is -4.49. The lowest BCUT2D eigenvalue weighted by atomic mass is 10.2. The third kappa shape index (κ3) is 4.86. The van der Waals surface area contributed by atoms with E-state index in [2.05, 4.69) is 10.3 Å². The van der Waals surface area contributed by atoms with Gasteiger partial charge in [-0.3, -0.25) is 9.69 Å². The largest absolute Gasteiger partial charge is 0.486 e. The van der Waals surface area contributed by atoms with Gasteiger partial charge >= 0.3 is 6.18 Å². The van der Waals surface area contributed by atoms with Crippen molar-refractivity contribution in [2.24, 2.45) is 0 Å². The number of anilines is 2. The molecule has 1 aromatic carbocycles. The molecule has 1 atom stereocenters. The molecule has 1 saturated heterocycles. The van der Waals surface area contributed by atoms with Crippen molar-refractivity contribution in [3.63, 3.8) is 0 Å². The van der Waals surface area contributed by atoms with Gasteiger partial charge in [0.05, 0.1) is 16.6 Å². The Bertz CT molecular complexity index is 997. The van der Waals surface area contributed by atoms with E-state index in [1.165, 1.54) is 0 Å². The minimum Gasteiger partial charge on any atom is -0.486 e. The summed E-state index contributed by atoms with van der Waals surface area (Å²) in [6.07, 6.45) is -3.70. The second-order valence-electron chi connectivity index (χ2n) is 7.57. The van der Waals surface area contributed by atoms with Crippen molar-refractivity contribution in [1.82, 2.24) is 9.88 Å². The molecule has 0 saturated carbocycles. The molecule has 1 fully saturated rings. The van der Waals surface area contributed by atoms with E-state index in [1.54, 1.807) is 18.2 Å². The zero-order chi connectivity index (χ0) is 22.9. The Morgan fingerprint density at radius 3 is 2.47 bits per heavy atom. The fourth-order valence-corrected chi connectivity index (χ4v) is 3.96. The van der Waals surface area contributed by atoms with Crippen LogP contribution in [0.4, 0.5) is 24.7 Å². The van der Waals surface area contributed by atoms with Crippen molar-refractivity contribution < 1.29 is 27.4 Å². The van der Waals surface area contributed by atoms with Gasteiger partial charge in [-0.25, -0.2) is 4.98 Å². The molecule has 0 aliphatic carbocycles. The van der Waals surface area contributed by atoms with E-state index in [9.17, 15) is 18.0 Å². The van der Waals surface area contributed by atoms with Crippen molar-refractivity contribution in [2.45, 2.75) is 19.1 Å². The van der Waals surface area contributed by atoms with Crippen molar-refractivity contribution in [3.05, 3.63) is 41.0 Å². The first-order valence-electron chi connectivity index (χ1n) is 10.1. The Kier molecular flexibility index (Phi) is 6.34. The van der Waals surface area contributed by atoms with Crippen LogP contribution in [0.2, 0.25) is 5.02 Å². The third-order valence-electron chi connectivity index (χ3n) is 5.50.